The van der Waals surface area contributed by atoms with Gasteiger partial charge < -0.3 is 0 Å². The van der Waals surface area contributed by atoms with Crippen molar-refractivity contribution in [2.24, 2.45) is 5.92 Å². The number of aromatic nitrogens is 1. The lowest BCUT2D eigenvalue weighted by atomic mass is 9.89. The fourth-order valence-electron chi connectivity index (χ4n) is 2.31. The van der Waals surface area contributed by atoms with Crippen molar-refractivity contribution in [1.29, 1.82) is 0 Å². The highest BCUT2D eigenvalue weighted by molar-refractivity contribution is 7.18. The van der Waals surface area contributed by atoms with Crippen LogP contribution in [-0.4, -0.2) is 4.98 Å². The van der Waals surface area contributed by atoms with Gasteiger partial charge in [-0.3, -0.25) is 0 Å². The zero-order valence-corrected chi connectivity index (χ0v) is 11.9. The van der Waals surface area contributed by atoms with Crippen molar-refractivity contribution in [2.45, 2.75) is 19.7 Å². The van der Waals surface area contributed by atoms with Crippen molar-refractivity contribution < 1.29 is 1.37 Å². The van der Waals surface area contributed by atoms with Crippen LogP contribution in [0.15, 0.2) is 54.6 Å². The van der Waals surface area contributed by atoms with E-state index in [0.717, 1.165) is 20.8 Å². The average Bonchev–Trinajstić information content (AvgIpc) is 2.91. The molecule has 1 atom stereocenters. The van der Waals surface area contributed by atoms with Crippen molar-refractivity contribution in [3.63, 3.8) is 0 Å². The Bertz CT molecular complexity index is 687. The minimum Gasteiger partial charge on any atom is -0.241 e. The Labute approximate surface area is 119 Å². The van der Waals surface area contributed by atoms with Crippen molar-refractivity contribution in [1.82, 2.24) is 4.98 Å². The topological polar surface area (TPSA) is 12.9 Å². The predicted octanol–water partition coefficient (Wildman–Crippen LogP) is 5.08. The number of hydrogen-bond donors (Lipinski definition) is 0. The molecule has 1 heterocycles. The van der Waals surface area contributed by atoms with Crippen LogP contribution >= 0.6 is 11.3 Å². The van der Waals surface area contributed by atoms with Gasteiger partial charge in [0.25, 0.3) is 0 Å². The lowest BCUT2D eigenvalue weighted by molar-refractivity contribution is 0.562. The molecule has 0 N–H and O–H groups in total. The molecule has 1 unspecified atom stereocenters. The molecule has 96 valence electrons. The van der Waals surface area contributed by atoms with E-state index < -0.39 is 5.89 Å². The zero-order chi connectivity index (χ0) is 14.2. The van der Waals surface area contributed by atoms with Gasteiger partial charge in [0.15, 0.2) is 0 Å². The molecule has 1 aromatic heterocycles. The number of nitrogens with zero attached hydrogens (tertiary/aromatic N) is 1. The van der Waals surface area contributed by atoms with Gasteiger partial charge in [-0.15, -0.1) is 11.3 Å². The van der Waals surface area contributed by atoms with E-state index in [0.29, 0.717) is 0 Å². The fraction of sp³-hybridized carbons (Fsp3) is 0.235. The number of thiazole rings is 1. The first-order valence-corrected chi connectivity index (χ1v) is 7.35. The van der Waals surface area contributed by atoms with Crippen LogP contribution in [0.3, 0.4) is 0 Å². The molecule has 0 aliphatic heterocycles. The van der Waals surface area contributed by atoms with Crippen LogP contribution in [0.2, 0.25) is 0 Å². The minimum atomic E-state index is -0.787. The van der Waals surface area contributed by atoms with Crippen LogP contribution in [0.4, 0.5) is 0 Å². The van der Waals surface area contributed by atoms with Crippen LogP contribution < -0.4 is 0 Å². The third-order valence-corrected chi connectivity index (χ3v) is 4.26. The van der Waals surface area contributed by atoms with Gasteiger partial charge in [-0.05, 0) is 23.6 Å². The summed E-state index contributed by atoms with van der Waals surface area (Å²) in [7, 11) is 0. The molecule has 0 spiro atoms. The molecule has 0 bridgehead atoms. The Morgan fingerprint density at radius 2 is 1.68 bits per heavy atom. The van der Waals surface area contributed by atoms with Gasteiger partial charge in [0.05, 0.1) is 10.2 Å². The van der Waals surface area contributed by atoms with E-state index in [9.17, 15) is 0 Å². The highest BCUT2D eigenvalue weighted by Crippen LogP contribution is 2.36. The number of benzene rings is 2. The molecule has 0 aliphatic rings. The summed E-state index contributed by atoms with van der Waals surface area (Å²) in [5, 5.41) is 0.875. The summed E-state index contributed by atoms with van der Waals surface area (Å²) < 4.78 is 10.2. The second-order valence-electron chi connectivity index (χ2n) is 4.92. The average molecular weight is 268 g/mol. The Hall–Kier alpha value is -1.67. The van der Waals surface area contributed by atoms with Gasteiger partial charge in [-0.1, -0.05) is 56.3 Å². The van der Waals surface area contributed by atoms with E-state index in [1.807, 2.05) is 48.5 Å². The van der Waals surface area contributed by atoms with Crippen molar-refractivity contribution >= 4 is 21.6 Å². The van der Waals surface area contributed by atoms with E-state index in [1.165, 1.54) is 0 Å². The van der Waals surface area contributed by atoms with Gasteiger partial charge in [-0.2, -0.15) is 0 Å². The van der Waals surface area contributed by atoms with Gasteiger partial charge in [0.2, 0.25) is 0 Å². The molecule has 0 saturated heterocycles. The van der Waals surface area contributed by atoms with Gasteiger partial charge in [-0.25, -0.2) is 4.98 Å². The standard InChI is InChI=1S/C17H17NS/c1-12(2)16(13-8-4-3-5-9-13)17-18-14-10-6-7-11-15(14)19-17/h3-12,16H,1-2H3/i16D. The highest BCUT2D eigenvalue weighted by Gasteiger charge is 2.21. The van der Waals surface area contributed by atoms with Crippen LogP contribution in [0.25, 0.3) is 10.2 Å². The van der Waals surface area contributed by atoms with E-state index >= 15 is 0 Å². The minimum absolute atomic E-state index is 0.158. The van der Waals surface area contributed by atoms with Crippen LogP contribution in [-0.2, 0) is 0 Å². The highest BCUT2D eigenvalue weighted by atomic mass is 32.1. The number of hydrogen-bond acceptors (Lipinski definition) is 2. The summed E-state index contributed by atoms with van der Waals surface area (Å²) in [6.45, 7) is 4.18. The summed E-state index contributed by atoms with van der Waals surface area (Å²) in [6.07, 6.45) is 0. The van der Waals surface area contributed by atoms with Crippen molar-refractivity contribution in [3.05, 3.63) is 65.2 Å². The predicted molar refractivity (Wildman–Crippen MR) is 82.7 cm³/mol. The summed E-state index contributed by atoms with van der Waals surface area (Å²) in [6, 6.07) is 18.1. The van der Waals surface area contributed by atoms with Gasteiger partial charge >= 0.3 is 0 Å². The Balaban J connectivity index is 2.20. The number of fused-ring (bicyclic) bond motifs is 1. The molecule has 0 saturated carbocycles. The molecule has 1 nitrogen and oxygen atoms in total. The maximum absolute atomic E-state index is 9.04. The van der Waals surface area contributed by atoms with E-state index in [2.05, 4.69) is 19.9 Å². The molecule has 3 aromatic rings. The summed E-state index contributed by atoms with van der Waals surface area (Å²) >= 11 is 1.63. The fourth-order valence-corrected chi connectivity index (χ4v) is 3.49. The maximum Gasteiger partial charge on any atom is 0.102 e. The Kier molecular flexibility index (Phi) is 3.02. The summed E-state index contributed by atoms with van der Waals surface area (Å²) in [4.78, 5) is 4.71. The molecule has 19 heavy (non-hydrogen) atoms. The third kappa shape index (κ3) is 2.41. The largest absolute Gasteiger partial charge is 0.241 e. The number of rotatable bonds is 3. The van der Waals surface area contributed by atoms with Gasteiger partial charge in [0, 0.05) is 7.26 Å². The first-order chi connectivity index (χ1) is 9.62. The smallest absolute Gasteiger partial charge is 0.102 e. The second-order valence-corrected chi connectivity index (χ2v) is 5.95. The SMILES string of the molecule is [2H]C(c1ccccc1)(c1nc2ccccc2s1)C(C)C. The molecule has 0 amide bonds. The first kappa shape index (κ1) is 11.2. The number of para-hydroxylation sites is 1. The molecular weight excluding hydrogens is 250 g/mol. The summed E-state index contributed by atoms with van der Waals surface area (Å²) in [5.74, 6) is -0.629. The Morgan fingerprint density at radius 3 is 2.37 bits per heavy atom. The molecule has 2 heteroatoms. The van der Waals surface area contributed by atoms with Crippen LogP contribution in [0, 0.1) is 5.92 Å². The van der Waals surface area contributed by atoms with E-state index in [4.69, 9.17) is 6.35 Å². The zero-order valence-electron chi connectivity index (χ0n) is 12.1. The lowest BCUT2D eigenvalue weighted by Crippen LogP contribution is -2.07. The van der Waals surface area contributed by atoms with Crippen molar-refractivity contribution in [2.75, 3.05) is 0 Å². The molecule has 2 aromatic carbocycles. The normalized spacial score (nSPS) is 15.4. The van der Waals surface area contributed by atoms with Crippen molar-refractivity contribution in [3.8, 4) is 0 Å². The monoisotopic (exact) mass is 268 g/mol. The van der Waals surface area contributed by atoms with Crippen LogP contribution in [0.5, 0.6) is 0 Å². The molecule has 3 rings (SSSR count). The Morgan fingerprint density at radius 1 is 1.00 bits per heavy atom. The maximum atomic E-state index is 9.04. The molecule has 0 radical (unpaired) electrons. The first-order valence-electron chi connectivity index (χ1n) is 7.04. The van der Waals surface area contributed by atoms with E-state index in [1.54, 1.807) is 11.3 Å². The molecule has 0 fully saturated rings. The van der Waals surface area contributed by atoms with Crippen LogP contribution in [0.1, 0.15) is 31.7 Å². The second kappa shape index (κ2) is 5.14. The summed E-state index contributed by atoms with van der Waals surface area (Å²) in [5.41, 5.74) is 2.00. The lowest BCUT2D eigenvalue weighted by Gasteiger charge is -2.18. The van der Waals surface area contributed by atoms with Gasteiger partial charge in [0.1, 0.15) is 5.01 Å². The quantitative estimate of drug-likeness (QED) is 0.645. The molecule has 0 aliphatic carbocycles. The molecular formula is C17H17NS. The van der Waals surface area contributed by atoms with E-state index in [-0.39, 0.29) is 5.92 Å². The third-order valence-electron chi connectivity index (χ3n) is 3.19.